The van der Waals surface area contributed by atoms with E-state index in [1.165, 1.54) is 6.08 Å². The van der Waals surface area contributed by atoms with Gasteiger partial charge < -0.3 is 5.11 Å². The molecular weight excluding hydrogens is 232 g/mol. The first kappa shape index (κ1) is 13.8. The summed E-state index contributed by atoms with van der Waals surface area (Å²) < 4.78 is 0. The predicted octanol–water partition coefficient (Wildman–Crippen LogP) is 4.33. The number of allylic oxidation sites excluding steroid dienone is 1. The minimum absolute atomic E-state index is 0.847. The van der Waals surface area contributed by atoms with Crippen LogP contribution in [-0.2, 0) is 4.79 Å². The van der Waals surface area contributed by atoms with Gasteiger partial charge >= 0.3 is 5.97 Å². The molecule has 17 heavy (non-hydrogen) atoms. The lowest BCUT2D eigenvalue weighted by atomic mass is 10.2. The first-order valence-corrected chi connectivity index (χ1v) is 6.70. The van der Waals surface area contributed by atoms with Crippen LogP contribution in [0.25, 0.3) is 0 Å². The molecule has 0 fully saturated rings. The van der Waals surface area contributed by atoms with E-state index in [0.29, 0.717) is 0 Å². The Morgan fingerprint density at radius 2 is 2.00 bits per heavy atom. The summed E-state index contributed by atoms with van der Waals surface area (Å²) in [6.45, 7) is 2.14. The van der Waals surface area contributed by atoms with E-state index in [4.69, 9.17) is 5.11 Å². The zero-order valence-electron chi connectivity index (χ0n) is 10.1. The highest BCUT2D eigenvalue weighted by atomic mass is 32.2. The molecule has 1 N–H and O–H groups in total. The number of carboxylic acid groups (broad SMARTS) is 1. The van der Waals surface area contributed by atoms with Gasteiger partial charge in [-0.05, 0) is 29.9 Å². The van der Waals surface area contributed by atoms with Crippen molar-refractivity contribution >= 4 is 17.7 Å². The summed E-state index contributed by atoms with van der Waals surface area (Å²) in [5, 5.41) is 8.83. The SMILES string of the molecule is CCCCC/C(=C\C(=O)O)Sc1ccccc1. The van der Waals surface area contributed by atoms with Crippen molar-refractivity contribution < 1.29 is 9.90 Å². The number of carboxylic acids is 1. The zero-order chi connectivity index (χ0) is 12.5. The number of aliphatic carboxylic acids is 1. The van der Waals surface area contributed by atoms with Gasteiger partial charge in [0.15, 0.2) is 0 Å². The average molecular weight is 250 g/mol. The van der Waals surface area contributed by atoms with E-state index in [9.17, 15) is 4.79 Å². The summed E-state index contributed by atoms with van der Waals surface area (Å²) in [6.07, 6.45) is 5.52. The fourth-order valence-corrected chi connectivity index (χ4v) is 2.48. The Kier molecular flexibility index (Phi) is 6.48. The van der Waals surface area contributed by atoms with Gasteiger partial charge in [0.2, 0.25) is 0 Å². The van der Waals surface area contributed by atoms with Crippen molar-refractivity contribution in [2.45, 2.75) is 37.5 Å². The second-order valence-electron chi connectivity index (χ2n) is 3.82. The zero-order valence-corrected chi connectivity index (χ0v) is 10.9. The van der Waals surface area contributed by atoms with Crippen LogP contribution in [0.15, 0.2) is 46.2 Å². The molecule has 0 radical (unpaired) electrons. The molecule has 0 atom stereocenters. The molecule has 0 aliphatic carbocycles. The van der Waals surface area contributed by atoms with Crippen LogP contribution in [0.1, 0.15) is 32.6 Å². The van der Waals surface area contributed by atoms with Gasteiger partial charge in [-0.15, -0.1) is 0 Å². The smallest absolute Gasteiger partial charge is 0.329 e. The highest BCUT2D eigenvalue weighted by Gasteiger charge is 2.03. The molecule has 3 heteroatoms. The largest absolute Gasteiger partial charge is 0.478 e. The quantitative estimate of drug-likeness (QED) is 0.444. The third-order valence-electron chi connectivity index (χ3n) is 2.30. The second kappa shape index (κ2) is 7.96. The van der Waals surface area contributed by atoms with E-state index in [-0.39, 0.29) is 0 Å². The molecule has 92 valence electrons. The Bertz CT molecular complexity index is 371. The number of hydrogen-bond acceptors (Lipinski definition) is 2. The fourth-order valence-electron chi connectivity index (χ4n) is 1.48. The van der Waals surface area contributed by atoms with E-state index < -0.39 is 5.97 Å². The molecule has 0 spiro atoms. The lowest BCUT2D eigenvalue weighted by molar-refractivity contribution is -0.131. The molecule has 0 aromatic heterocycles. The van der Waals surface area contributed by atoms with E-state index >= 15 is 0 Å². The van der Waals surface area contributed by atoms with Crippen LogP contribution in [0, 0.1) is 0 Å². The molecule has 1 aromatic carbocycles. The molecule has 0 amide bonds. The van der Waals surface area contributed by atoms with Crippen molar-refractivity contribution in [2.24, 2.45) is 0 Å². The fraction of sp³-hybridized carbons (Fsp3) is 0.357. The van der Waals surface area contributed by atoms with Crippen molar-refractivity contribution in [2.75, 3.05) is 0 Å². The number of hydrogen-bond donors (Lipinski definition) is 1. The number of carbonyl (C=O) groups is 1. The highest BCUT2D eigenvalue weighted by Crippen LogP contribution is 2.29. The van der Waals surface area contributed by atoms with Crippen LogP contribution in [-0.4, -0.2) is 11.1 Å². The molecule has 0 saturated carbocycles. The van der Waals surface area contributed by atoms with Gasteiger partial charge in [-0.2, -0.15) is 0 Å². The number of unbranched alkanes of at least 4 members (excludes halogenated alkanes) is 2. The molecule has 0 aliphatic heterocycles. The van der Waals surface area contributed by atoms with Crippen LogP contribution in [0.5, 0.6) is 0 Å². The summed E-state index contributed by atoms with van der Waals surface area (Å²) in [7, 11) is 0. The number of thioether (sulfide) groups is 1. The summed E-state index contributed by atoms with van der Waals surface area (Å²) in [5.41, 5.74) is 0. The van der Waals surface area contributed by atoms with Gasteiger partial charge in [-0.1, -0.05) is 49.7 Å². The van der Waals surface area contributed by atoms with Crippen LogP contribution in [0.4, 0.5) is 0 Å². The van der Waals surface area contributed by atoms with E-state index in [0.717, 1.165) is 35.5 Å². The van der Waals surface area contributed by atoms with Gasteiger partial charge in [0.25, 0.3) is 0 Å². The first-order chi connectivity index (χ1) is 8.22. The molecule has 0 aliphatic rings. The predicted molar refractivity (Wildman–Crippen MR) is 72.2 cm³/mol. The van der Waals surface area contributed by atoms with Crippen LogP contribution in [0.2, 0.25) is 0 Å². The molecule has 2 nitrogen and oxygen atoms in total. The van der Waals surface area contributed by atoms with Crippen LogP contribution in [0.3, 0.4) is 0 Å². The number of benzene rings is 1. The Labute approximate surface area is 107 Å². The normalized spacial score (nSPS) is 11.5. The van der Waals surface area contributed by atoms with E-state index in [2.05, 4.69) is 6.92 Å². The molecule has 0 bridgehead atoms. The van der Waals surface area contributed by atoms with Crippen molar-refractivity contribution in [1.29, 1.82) is 0 Å². The van der Waals surface area contributed by atoms with Crippen molar-refractivity contribution in [3.05, 3.63) is 41.3 Å². The second-order valence-corrected chi connectivity index (χ2v) is 5.02. The highest BCUT2D eigenvalue weighted by molar-refractivity contribution is 8.03. The van der Waals surface area contributed by atoms with Crippen molar-refractivity contribution in [1.82, 2.24) is 0 Å². The summed E-state index contributed by atoms with van der Waals surface area (Å²) in [6, 6.07) is 9.89. The Morgan fingerprint density at radius 3 is 2.59 bits per heavy atom. The van der Waals surface area contributed by atoms with Crippen molar-refractivity contribution in [3.63, 3.8) is 0 Å². The average Bonchev–Trinajstić information content (AvgIpc) is 2.30. The molecule has 0 heterocycles. The van der Waals surface area contributed by atoms with E-state index in [1.807, 2.05) is 30.3 Å². The summed E-state index contributed by atoms with van der Waals surface area (Å²) in [5.74, 6) is -0.861. The third-order valence-corrected chi connectivity index (χ3v) is 3.40. The maximum absolute atomic E-state index is 10.7. The van der Waals surface area contributed by atoms with Crippen LogP contribution >= 0.6 is 11.8 Å². The monoisotopic (exact) mass is 250 g/mol. The summed E-state index contributed by atoms with van der Waals surface area (Å²) in [4.78, 5) is 12.8. The van der Waals surface area contributed by atoms with Gasteiger partial charge in [0, 0.05) is 11.0 Å². The maximum Gasteiger partial charge on any atom is 0.329 e. The topological polar surface area (TPSA) is 37.3 Å². The molecular formula is C14H18O2S. The molecule has 0 unspecified atom stereocenters. The molecule has 1 aromatic rings. The van der Waals surface area contributed by atoms with Crippen molar-refractivity contribution in [3.8, 4) is 0 Å². The Balaban J connectivity index is 2.61. The minimum atomic E-state index is -0.861. The first-order valence-electron chi connectivity index (χ1n) is 5.88. The molecule has 1 rings (SSSR count). The lowest BCUT2D eigenvalue weighted by Crippen LogP contribution is -1.91. The van der Waals surface area contributed by atoms with Gasteiger partial charge in [0.05, 0.1) is 0 Å². The minimum Gasteiger partial charge on any atom is -0.478 e. The molecule has 0 saturated heterocycles. The standard InChI is InChI=1S/C14H18O2S/c1-2-3-5-10-13(11-14(15)16)17-12-8-6-4-7-9-12/h4,6-9,11H,2-3,5,10H2,1H3,(H,15,16)/b13-11+. The maximum atomic E-state index is 10.7. The van der Waals surface area contributed by atoms with Crippen LogP contribution < -0.4 is 0 Å². The van der Waals surface area contributed by atoms with E-state index in [1.54, 1.807) is 11.8 Å². The number of rotatable bonds is 7. The third kappa shape index (κ3) is 6.17. The summed E-state index contributed by atoms with van der Waals surface area (Å²) >= 11 is 1.55. The van der Waals surface area contributed by atoms with Gasteiger partial charge in [0.1, 0.15) is 0 Å². The lowest BCUT2D eigenvalue weighted by Gasteiger charge is -2.06. The Morgan fingerprint density at radius 1 is 1.29 bits per heavy atom. The van der Waals surface area contributed by atoms with Gasteiger partial charge in [-0.25, -0.2) is 4.79 Å². The Hall–Kier alpha value is -1.22. The van der Waals surface area contributed by atoms with Gasteiger partial charge in [-0.3, -0.25) is 0 Å².